The first-order chi connectivity index (χ1) is 7.69. The lowest BCUT2D eigenvalue weighted by Crippen LogP contribution is -2.22. The smallest absolute Gasteiger partial charge is 0.162 e. The number of likely N-dealkylation sites (N-methyl/N-ethyl adjacent to an activating group) is 1. The van der Waals surface area contributed by atoms with Gasteiger partial charge in [0.15, 0.2) is 10.8 Å². The van der Waals surface area contributed by atoms with Crippen LogP contribution in [0.5, 0.6) is 0 Å². The fourth-order valence-corrected chi connectivity index (χ4v) is 2.47. The predicted molar refractivity (Wildman–Crippen MR) is 66.8 cm³/mol. The number of thiazole rings is 1. The zero-order valence-electron chi connectivity index (χ0n) is 9.78. The largest absolute Gasteiger partial charge is 0.459 e. The van der Waals surface area contributed by atoms with Crippen molar-refractivity contribution in [1.29, 1.82) is 0 Å². The van der Waals surface area contributed by atoms with Crippen LogP contribution in [0.4, 0.5) is 0 Å². The first-order valence-electron chi connectivity index (χ1n) is 5.38. The van der Waals surface area contributed by atoms with E-state index in [2.05, 4.69) is 17.2 Å². The van der Waals surface area contributed by atoms with Crippen LogP contribution in [0.1, 0.15) is 17.6 Å². The first-order valence-corrected chi connectivity index (χ1v) is 6.19. The van der Waals surface area contributed by atoms with Gasteiger partial charge in [-0.15, -0.1) is 11.3 Å². The molecule has 3 nitrogen and oxygen atoms in total. The van der Waals surface area contributed by atoms with Crippen molar-refractivity contribution < 1.29 is 4.42 Å². The first kappa shape index (κ1) is 11.4. The van der Waals surface area contributed by atoms with Crippen LogP contribution in [-0.2, 0) is 6.42 Å². The molecule has 0 aliphatic rings. The molecule has 0 amide bonds. The van der Waals surface area contributed by atoms with Crippen molar-refractivity contribution in [2.75, 3.05) is 7.05 Å². The van der Waals surface area contributed by atoms with Crippen molar-refractivity contribution in [3.8, 4) is 10.8 Å². The molecule has 0 radical (unpaired) electrons. The summed E-state index contributed by atoms with van der Waals surface area (Å²) in [5.74, 6) is 1.79. The topological polar surface area (TPSA) is 38.1 Å². The van der Waals surface area contributed by atoms with E-state index in [1.54, 1.807) is 11.3 Å². The van der Waals surface area contributed by atoms with Crippen LogP contribution in [0.15, 0.2) is 22.7 Å². The molecule has 0 fully saturated rings. The number of nitrogens with zero attached hydrogens (tertiary/aromatic N) is 1. The van der Waals surface area contributed by atoms with Crippen molar-refractivity contribution in [1.82, 2.24) is 10.3 Å². The summed E-state index contributed by atoms with van der Waals surface area (Å²) in [4.78, 5) is 5.67. The fraction of sp³-hybridized carbons (Fsp3) is 0.417. The molecule has 0 aromatic carbocycles. The van der Waals surface area contributed by atoms with E-state index in [0.29, 0.717) is 6.04 Å². The number of aromatic nitrogens is 1. The number of aryl methyl sites for hydroxylation is 1. The van der Waals surface area contributed by atoms with Gasteiger partial charge in [0.2, 0.25) is 0 Å². The summed E-state index contributed by atoms with van der Waals surface area (Å²) in [5.41, 5.74) is 0. The highest BCUT2D eigenvalue weighted by Gasteiger charge is 2.09. The summed E-state index contributed by atoms with van der Waals surface area (Å²) in [6, 6.07) is 4.41. The second-order valence-electron chi connectivity index (χ2n) is 3.94. The summed E-state index contributed by atoms with van der Waals surface area (Å²) >= 11 is 1.70. The quantitative estimate of drug-likeness (QED) is 0.887. The molecule has 1 atom stereocenters. The lowest BCUT2D eigenvalue weighted by molar-refractivity contribution is 0.548. The molecule has 0 bridgehead atoms. The molecular formula is C12H16N2OS. The normalized spacial score (nSPS) is 12.9. The number of furan rings is 1. The lowest BCUT2D eigenvalue weighted by Gasteiger charge is -2.06. The van der Waals surface area contributed by atoms with Crippen LogP contribution in [0, 0.1) is 6.92 Å². The molecule has 0 saturated heterocycles. The molecule has 2 heterocycles. The Morgan fingerprint density at radius 2 is 2.31 bits per heavy atom. The van der Waals surface area contributed by atoms with Gasteiger partial charge in [-0.1, -0.05) is 0 Å². The second-order valence-corrected chi connectivity index (χ2v) is 5.05. The molecule has 0 spiro atoms. The van der Waals surface area contributed by atoms with Gasteiger partial charge in [-0.05, 0) is 39.4 Å². The van der Waals surface area contributed by atoms with Crippen LogP contribution in [0.25, 0.3) is 10.8 Å². The van der Waals surface area contributed by atoms with Crippen LogP contribution < -0.4 is 5.32 Å². The zero-order chi connectivity index (χ0) is 11.5. The van der Waals surface area contributed by atoms with E-state index in [1.807, 2.05) is 32.3 Å². The Kier molecular flexibility index (Phi) is 3.41. The molecular weight excluding hydrogens is 220 g/mol. The van der Waals surface area contributed by atoms with Gasteiger partial charge < -0.3 is 9.73 Å². The Labute approximate surface area is 99.5 Å². The van der Waals surface area contributed by atoms with Gasteiger partial charge in [-0.3, -0.25) is 0 Å². The number of hydrogen-bond acceptors (Lipinski definition) is 4. The Balaban J connectivity index is 2.13. The third-order valence-corrected chi connectivity index (χ3v) is 3.54. The maximum Gasteiger partial charge on any atom is 0.162 e. The predicted octanol–water partition coefficient (Wildman–Crippen LogP) is 2.86. The van der Waals surface area contributed by atoms with Crippen molar-refractivity contribution in [3.05, 3.63) is 29.0 Å². The Morgan fingerprint density at radius 1 is 1.50 bits per heavy atom. The summed E-state index contributed by atoms with van der Waals surface area (Å²) in [5, 5.41) is 4.19. The van der Waals surface area contributed by atoms with Gasteiger partial charge in [0.25, 0.3) is 0 Å². The minimum atomic E-state index is 0.478. The summed E-state index contributed by atoms with van der Waals surface area (Å²) in [6.45, 7) is 4.11. The highest BCUT2D eigenvalue weighted by atomic mass is 32.1. The van der Waals surface area contributed by atoms with Gasteiger partial charge in [0.05, 0.1) is 0 Å². The molecule has 0 saturated carbocycles. The van der Waals surface area contributed by atoms with Gasteiger partial charge in [0, 0.05) is 17.1 Å². The monoisotopic (exact) mass is 236 g/mol. The molecule has 86 valence electrons. The van der Waals surface area contributed by atoms with Gasteiger partial charge in [0.1, 0.15) is 5.76 Å². The average molecular weight is 236 g/mol. The van der Waals surface area contributed by atoms with Crippen LogP contribution in [0.3, 0.4) is 0 Å². The minimum absolute atomic E-state index is 0.478. The van der Waals surface area contributed by atoms with Crippen LogP contribution in [-0.4, -0.2) is 18.1 Å². The van der Waals surface area contributed by atoms with E-state index < -0.39 is 0 Å². The third kappa shape index (κ3) is 2.51. The van der Waals surface area contributed by atoms with Crippen molar-refractivity contribution in [3.63, 3.8) is 0 Å². The fourth-order valence-electron chi connectivity index (χ4n) is 1.47. The molecule has 4 heteroatoms. The van der Waals surface area contributed by atoms with Crippen molar-refractivity contribution >= 4 is 11.3 Å². The van der Waals surface area contributed by atoms with E-state index in [0.717, 1.165) is 22.9 Å². The Morgan fingerprint density at radius 3 is 2.94 bits per heavy atom. The number of hydrogen-bond donors (Lipinski definition) is 1. The van der Waals surface area contributed by atoms with E-state index in [9.17, 15) is 0 Å². The minimum Gasteiger partial charge on any atom is -0.459 e. The lowest BCUT2D eigenvalue weighted by atomic mass is 10.2. The van der Waals surface area contributed by atoms with E-state index in [-0.39, 0.29) is 0 Å². The Bertz CT molecular complexity index is 461. The van der Waals surface area contributed by atoms with Gasteiger partial charge in [-0.2, -0.15) is 0 Å². The SMILES string of the molecule is CNC(C)Cc1cnc(-c2ccc(C)o2)s1. The molecule has 0 aliphatic carbocycles. The van der Waals surface area contributed by atoms with E-state index in [1.165, 1.54) is 4.88 Å². The standard InChI is InChI=1S/C12H16N2OS/c1-8(13-3)6-10-7-14-12(16-10)11-5-4-9(2)15-11/h4-5,7-8,13H,6H2,1-3H3. The number of rotatable bonds is 4. The summed E-state index contributed by atoms with van der Waals surface area (Å²) in [6.07, 6.45) is 2.94. The summed E-state index contributed by atoms with van der Waals surface area (Å²) in [7, 11) is 1.97. The average Bonchev–Trinajstić information content (AvgIpc) is 2.87. The molecule has 2 rings (SSSR count). The Hall–Kier alpha value is -1.13. The summed E-state index contributed by atoms with van der Waals surface area (Å²) < 4.78 is 5.55. The van der Waals surface area contributed by atoms with Gasteiger partial charge in [-0.25, -0.2) is 4.98 Å². The van der Waals surface area contributed by atoms with Gasteiger partial charge >= 0.3 is 0 Å². The van der Waals surface area contributed by atoms with Crippen molar-refractivity contribution in [2.45, 2.75) is 26.3 Å². The molecule has 16 heavy (non-hydrogen) atoms. The number of nitrogens with one attached hydrogen (secondary N) is 1. The molecule has 2 aromatic rings. The highest BCUT2D eigenvalue weighted by Crippen LogP contribution is 2.27. The van der Waals surface area contributed by atoms with Crippen LogP contribution in [0.2, 0.25) is 0 Å². The maximum atomic E-state index is 5.55. The highest BCUT2D eigenvalue weighted by molar-refractivity contribution is 7.14. The van der Waals surface area contributed by atoms with E-state index >= 15 is 0 Å². The second kappa shape index (κ2) is 4.80. The molecule has 0 aliphatic heterocycles. The third-order valence-electron chi connectivity index (χ3n) is 2.50. The van der Waals surface area contributed by atoms with Crippen LogP contribution >= 0.6 is 11.3 Å². The maximum absolute atomic E-state index is 5.55. The zero-order valence-corrected chi connectivity index (χ0v) is 10.6. The van der Waals surface area contributed by atoms with E-state index in [4.69, 9.17) is 4.42 Å². The molecule has 1 N–H and O–H groups in total. The molecule has 1 unspecified atom stereocenters. The molecule has 2 aromatic heterocycles. The van der Waals surface area contributed by atoms with Crippen molar-refractivity contribution in [2.24, 2.45) is 0 Å².